The van der Waals surface area contributed by atoms with Crippen LogP contribution in [0.25, 0.3) is 6.08 Å². The minimum absolute atomic E-state index is 0.104. The molecule has 8 nitrogen and oxygen atoms in total. The number of nitro benzene ring substituents is 1. The van der Waals surface area contributed by atoms with Crippen LogP contribution < -0.4 is 4.74 Å². The molecule has 0 saturated carbocycles. The topological polar surface area (TPSA) is 116 Å². The molecule has 0 amide bonds. The molecule has 106 valence electrons. The lowest BCUT2D eigenvalue weighted by atomic mass is 10.1. The summed E-state index contributed by atoms with van der Waals surface area (Å²) in [5, 5.41) is 19.4. The molecule has 0 saturated heterocycles. The second-order valence-electron chi connectivity index (χ2n) is 3.52. The van der Waals surface area contributed by atoms with Crippen LogP contribution in [0.3, 0.4) is 0 Å². The van der Waals surface area contributed by atoms with Gasteiger partial charge in [0.1, 0.15) is 0 Å². The third-order valence-electron chi connectivity index (χ3n) is 2.17. The average molecular weight is 281 g/mol. The van der Waals surface area contributed by atoms with Crippen molar-refractivity contribution in [1.29, 1.82) is 0 Å². The first-order chi connectivity index (χ1) is 9.43. The molecule has 1 N–H and O–H groups in total. The fourth-order valence-corrected chi connectivity index (χ4v) is 1.27. The molecular weight excluding hydrogens is 270 g/mol. The minimum atomic E-state index is -1.17. The van der Waals surface area contributed by atoms with E-state index in [0.29, 0.717) is 5.56 Å². The van der Waals surface area contributed by atoms with Gasteiger partial charge in [0, 0.05) is 12.1 Å². The van der Waals surface area contributed by atoms with Crippen molar-refractivity contribution in [2.24, 2.45) is 0 Å². The van der Waals surface area contributed by atoms with Crippen molar-refractivity contribution in [3.05, 3.63) is 40.0 Å². The van der Waals surface area contributed by atoms with Gasteiger partial charge in [-0.1, -0.05) is 6.07 Å². The fraction of sp³-hybridized carbons (Fsp3) is 0.167. The van der Waals surface area contributed by atoms with Crippen molar-refractivity contribution in [3.63, 3.8) is 0 Å². The number of rotatable bonds is 6. The van der Waals surface area contributed by atoms with Crippen LogP contribution in [0.1, 0.15) is 5.56 Å². The molecule has 0 radical (unpaired) electrons. The summed E-state index contributed by atoms with van der Waals surface area (Å²) < 4.78 is 9.33. The highest BCUT2D eigenvalue weighted by Crippen LogP contribution is 2.28. The van der Waals surface area contributed by atoms with Gasteiger partial charge in [-0.2, -0.15) is 0 Å². The van der Waals surface area contributed by atoms with Gasteiger partial charge in [-0.15, -0.1) is 0 Å². The van der Waals surface area contributed by atoms with Crippen LogP contribution in [0.2, 0.25) is 0 Å². The molecule has 0 bridgehead atoms. The third kappa shape index (κ3) is 4.41. The van der Waals surface area contributed by atoms with Gasteiger partial charge in [-0.25, -0.2) is 9.59 Å². The van der Waals surface area contributed by atoms with Crippen LogP contribution in [0, 0.1) is 10.1 Å². The Balaban J connectivity index is 2.99. The second-order valence-corrected chi connectivity index (χ2v) is 3.52. The number of benzene rings is 1. The van der Waals surface area contributed by atoms with Gasteiger partial charge in [-0.05, 0) is 17.7 Å². The lowest BCUT2D eigenvalue weighted by Crippen LogP contribution is -2.13. The van der Waals surface area contributed by atoms with Crippen molar-refractivity contribution in [2.75, 3.05) is 13.7 Å². The largest absolute Gasteiger partial charge is 0.478 e. The molecule has 1 aromatic rings. The molecule has 1 rings (SSSR count). The number of nitro groups is 1. The van der Waals surface area contributed by atoms with E-state index in [9.17, 15) is 19.7 Å². The summed E-state index contributed by atoms with van der Waals surface area (Å²) in [6.45, 7) is -0.457. The Hall–Kier alpha value is -2.90. The van der Waals surface area contributed by atoms with E-state index in [1.165, 1.54) is 25.3 Å². The standard InChI is InChI=1S/C12H11NO7/c1-19-12(16)7-20-10-4-2-8(3-5-11(14)15)6-9(10)13(17)18/h2-6H,7H2,1H3,(H,14,15)/b5-3+. The number of carboxylic acids is 1. The van der Waals surface area contributed by atoms with Crippen molar-refractivity contribution >= 4 is 23.7 Å². The van der Waals surface area contributed by atoms with E-state index in [0.717, 1.165) is 12.1 Å². The van der Waals surface area contributed by atoms with Crippen LogP contribution in [-0.2, 0) is 14.3 Å². The quantitative estimate of drug-likeness (QED) is 0.361. The van der Waals surface area contributed by atoms with Crippen LogP contribution in [0.5, 0.6) is 5.75 Å². The molecule has 0 unspecified atom stereocenters. The highest BCUT2D eigenvalue weighted by Gasteiger charge is 2.16. The van der Waals surface area contributed by atoms with Gasteiger partial charge in [0.25, 0.3) is 0 Å². The number of methoxy groups -OCH3 is 1. The molecule has 1 aromatic carbocycles. The van der Waals surface area contributed by atoms with Gasteiger partial charge >= 0.3 is 17.6 Å². The fourth-order valence-electron chi connectivity index (χ4n) is 1.27. The Kier molecular flexibility index (Phi) is 5.21. The normalized spacial score (nSPS) is 10.2. The molecule has 0 heterocycles. The molecular formula is C12H11NO7. The lowest BCUT2D eigenvalue weighted by molar-refractivity contribution is -0.385. The number of nitrogens with zero attached hydrogens (tertiary/aromatic N) is 1. The maximum atomic E-state index is 10.9. The molecule has 0 aliphatic rings. The monoisotopic (exact) mass is 281 g/mol. The number of aliphatic carboxylic acids is 1. The molecule has 0 aliphatic carbocycles. The smallest absolute Gasteiger partial charge is 0.343 e. The van der Waals surface area contributed by atoms with Gasteiger partial charge in [0.2, 0.25) is 0 Å². The van der Waals surface area contributed by atoms with E-state index >= 15 is 0 Å². The van der Waals surface area contributed by atoms with Crippen LogP contribution in [0.4, 0.5) is 5.69 Å². The van der Waals surface area contributed by atoms with Crippen LogP contribution in [0.15, 0.2) is 24.3 Å². The Morgan fingerprint density at radius 1 is 1.45 bits per heavy atom. The first-order valence-corrected chi connectivity index (χ1v) is 5.33. The Morgan fingerprint density at radius 2 is 2.15 bits per heavy atom. The number of carbonyl (C=O) groups is 2. The number of hydrogen-bond acceptors (Lipinski definition) is 6. The summed E-state index contributed by atoms with van der Waals surface area (Å²) in [6.07, 6.45) is 2.06. The minimum Gasteiger partial charge on any atom is -0.478 e. The van der Waals surface area contributed by atoms with Gasteiger partial charge in [0.05, 0.1) is 12.0 Å². The predicted octanol–water partition coefficient (Wildman–Crippen LogP) is 1.24. The Morgan fingerprint density at radius 3 is 2.70 bits per heavy atom. The molecule has 8 heteroatoms. The summed E-state index contributed by atoms with van der Waals surface area (Å²) in [5.74, 6) is -1.94. The molecule has 20 heavy (non-hydrogen) atoms. The lowest BCUT2D eigenvalue weighted by Gasteiger charge is -2.06. The number of esters is 1. The van der Waals surface area contributed by atoms with E-state index in [2.05, 4.69) is 4.74 Å². The molecule has 0 aliphatic heterocycles. The van der Waals surface area contributed by atoms with Crippen LogP contribution >= 0.6 is 0 Å². The second kappa shape index (κ2) is 6.88. The van der Waals surface area contributed by atoms with Gasteiger partial charge in [0.15, 0.2) is 12.4 Å². The molecule has 0 fully saturated rings. The zero-order valence-electron chi connectivity index (χ0n) is 10.4. The zero-order valence-corrected chi connectivity index (χ0v) is 10.4. The summed E-state index contributed by atoms with van der Waals surface area (Å²) in [5.41, 5.74) is -0.0500. The summed E-state index contributed by atoms with van der Waals surface area (Å²) in [7, 11) is 1.17. The predicted molar refractivity (Wildman–Crippen MR) is 67.3 cm³/mol. The van der Waals surface area contributed by atoms with E-state index in [1.807, 2.05) is 0 Å². The SMILES string of the molecule is COC(=O)COc1ccc(/C=C/C(=O)O)cc1[N+](=O)[O-]. The highest BCUT2D eigenvalue weighted by molar-refractivity contribution is 5.85. The number of ether oxygens (including phenoxy) is 2. The van der Waals surface area contributed by atoms with E-state index in [-0.39, 0.29) is 11.4 Å². The summed E-state index contributed by atoms with van der Waals surface area (Å²) in [6, 6.07) is 3.85. The third-order valence-corrected chi connectivity index (χ3v) is 2.17. The van der Waals surface area contributed by atoms with Gasteiger partial charge < -0.3 is 14.6 Å². The zero-order chi connectivity index (χ0) is 15.1. The first-order valence-electron chi connectivity index (χ1n) is 5.33. The molecule has 0 spiro atoms. The molecule has 0 aromatic heterocycles. The van der Waals surface area contributed by atoms with Crippen molar-refractivity contribution in [2.45, 2.75) is 0 Å². The summed E-state index contributed by atoms with van der Waals surface area (Å²) >= 11 is 0. The Labute approximate surface area is 113 Å². The van der Waals surface area contributed by atoms with Crippen LogP contribution in [-0.4, -0.2) is 35.7 Å². The Bertz CT molecular complexity index is 565. The van der Waals surface area contributed by atoms with E-state index in [1.54, 1.807) is 0 Å². The molecule has 0 atom stereocenters. The number of hydrogen-bond donors (Lipinski definition) is 1. The van der Waals surface area contributed by atoms with E-state index < -0.39 is 23.5 Å². The first kappa shape index (κ1) is 15.2. The maximum Gasteiger partial charge on any atom is 0.343 e. The van der Waals surface area contributed by atoms with Gasteiger partial charge in [-0.3, -0.25) is 10.1 Å². The highest BCUT2D eigenvalue weighted by atomic mass is 16.6. The number of carboxylic acid groups (broad SMARTS) is 1. The maximum absolute atomic E-state index is 10.9. The van der Waals surface area contributed by atoms with E-state index in [4.69, 9.17) is 9.84 Å². The van der Waals surface area contributed by atoms with Crippen molar-refractivity contribution in [3.8, 4) is 5.75 Å². The number of carbonyl (C=O) groups excluding carboxylic acids is 1. The van der Waals surface area contributed by atoms with Crippen molar-refractivity contribution < 1.29 is 29.1 Å². The average Bonchev–Trinajstić information content (AvgIpc) is 2.42. The van der Waals surface area contributed by atoms with Crippen molar-refractivity contribution in [1.82, 2.24) is 0 Å². The summed E-state index contributed by atoms with van der Waals surface area (Å²) in [4.78, 5) is 31.5.